The van der Waals surface area contributed by atoms with Crippen LogP contribution in [0.15, 0.2) is 12.1 Å². The van der Waals surface area contributed by atoms with Gasteiger partial charge in [0.1, 0.15) is 11.4 Å². The van der Waals surface area contributed by atoms with Crippen LogP contribution in [-0.2, 0) is 10.2 Å². The van der Waals surface area contributed by atoms with E-state index in [1.54, 1.807) is 19.9 Å². The second kappa shape index (κ2) is 5.11. The lowest BCUT2D eigenvalue weighted by molar-refractivity contribution is -0.122. The van der Waals surface area contributed by atoms with Crippen molar-refractivity contribution < 1.29 is 9.59 Å². The molecule has 0 bridgehead atoms. The van der Waals surface area contributed by atoms with Crippen molar-refractivity contribution in [2.45, 2.75) is 45.6 Å². The summed E-state index contributed by atoms with van der Waals surface area (Å²) in [5.41, 5.74) is 10.7. The predicted octanol–water partition coefficient (Wildman–Crippen LogP) is 0.955. The van der Waals surface area contributed by atoms with Crippen molar-refractivity contribution in [1.82, 2.24) is 10.3 Å². The number of aromatic nitrogens is 1. The smallest absolute Gasteiger partial charge is 0.252 e. The van der Waals surface area contributed by atoms with Gasteiger partial charge in [-0.3, -0.25) is 9.59 Å². The first-order valence-electron chi connectivity index (χ1n) is 6.34. The number of hydrogen-bond acceptors (Lipinski definition) is 4. The van der Waals surface area contributed by atoms with Crippen LogP contribution in [0.3, 0.4) is 0 Å². The number of amides is 2. The van der Waals surface area contributed by atoms with Crippen LogP contribution in [0.5, 0.6) is 0 Å². The zero-order valence-corrected chi connectivity index (χ0v) is 12.6. The van der Waals surface area contributed by atoms with Gasteiger partial charge in [0.05, 0.1) is 0 Å². The molecule has 0 radical (unpaired) electrons. The van der Waals surface area contributed by atoms with Crippen LogP contribution in [-0.4, -0.2) is 22.3 Å². The molecule has 0 aromatic carbocycles. The van der Waals surface area contributed by atoms with Crippen molar-refractivity contribution in [1.29, 1.82) is 0 Å². The van der Waals surface area contributed by atoms with Gasteiger partial charge in [-0.2, -0.15) is 0 Å². The predicted molar refractivity (Wildman–Crippen MR) is 78.1 cm³/mol. The van der Waals surface area contributed by atoms with Gasteiger partial charge in [-0.1, -0.05) is 20.8 Å². The Labute approximate surface area is 118 Å². The molecule has 0 unspecified atom stereocenters. The van der Waals surface area contributed by atoms with Crippen LogP contribution < -0.4 is 16.8 Å². The SMILES string of the molecule is CC(C)(NC(=O)c1cc(N)nc(C(C)(C)C)c1)C(N)=O. The number of carbonyl (C=O) groups excluding carboxylic acids is 2. The normalized spacial score (nSPS) is 12.1. The van der Waals surface area contributed by atoms with E-state index in [9.17, 15) is 9.59 Å². The van der Waals surface area contributed by atoms with Crippen LogP contribution in [0, 0.1) is 0 Å². The summed E-state index contributed by atoms with van der Waals surface area (Å²) in [6, 6.07) is 3.14. The van der Waals surface area contributed by atoms with Gasteiger partial charge in [0.15, 0.2) is 0 Å². The first kappa shape index (κ1) is 15.9. The Hall–Kier alpha value is -2.11. The second-order valence-electron chi connectivity index (χ2n) is 6.36. The largest absolute Gasteiger partial charge is 0.384 e. The molecule has 6 heteroatoms. The van der Waals surface area contributed by atoms with E-state index in [-0.39, 0.29) is 11.2 Å². The highest BCUT2D eigenvalue weighted by Crippen LogP contribution is 2.22. The third-order valence-corrected chi connectivity index (χ3v) is 2.92. The molecule has 20 heavy (non-hydrogen) atoms. The Morgan fingerprint density at radius 1 is 1.15 bits per heavy atom. The van der Waals surface area contributed by atoms with E-state index in [4.69, 9.17) is 11.5 Å². The van der Waals surface area contributed by atoms with E-state index in [1.165, 1.54) is 6.07 Å². The second-order valence-corrected chi connectivity index (χ2v) is 6.36. The molecule has 2 amide bonds. The van der Waals surface area contributed by atoms with Gasteiger partial charge in [-0.05, 0) is 26.0 Å². The van der Waals surface area contributed by atoms with E-state index >= 15 is 0 Å². The topological polar surface area (TPSA) is 111 Å². The van der Waals surface area contributed by atoms with Gasteiger partial charge in [-0.25, -0.2) is 4.98 Å². The summed E-state index contributed by atoms with van der Waals surface area (Å²) in [5.74, 6) is -0.753. The molecule has 0 fully saturated rings. The third kappa shape index (κ3) is 3.69. The molecule has 0 atom stereocenters. The van der Waals surface area contributed by atoms with E-state index in [1.807, 2.05) is 20.8 Å². The highest BCUT2D eigenvalue weighted by molar-refractivity contribution is 5.99. The minimum absolute atomic E-state index is 0.233. The molecular formula is C14H22N4O2. The summed E-state index contributed by atoms with van der Waals surface area (Å²) in [6.07, 6.45) is 0. The molecule has 0 saturated heterocycles. The number of nitrogens with zero attached hydrogens (tertiary/aromatic N) is 1. The van der Waals surface area contributed by atoms with Gasteiger partial charge >= 0.3 is 0 Å². The first-order chi connectivity index (χ1) is 8.93. The van der Waals surface area contributed by atoms with Crippen LogP contribution >= 0.6 is 0 Å². The van der Waals surface area contributed by atoms with Crippen LogP contribution in [0.1, 0.15) is 50.7 Å². The van der Waals surface area contributed by atoms with Gasteiger partial charge in [0, 0.05) is 16.7 Å². The number of nitrogen functional groups attached to an aromatic ring is 1. The van der Waals surface area contributed by atoms with Crippen molar-refractivity contribution in [2.24, 2.45) is 5.73 Å². The summed E-state index contributed by atoms with van der Waals surface area (Å²) in [6.45, 7) is 9.02. The number of hydrogen-bond donors (Lipinski definition) is 3. The van der Waals surface area contributed by atoms with E-state index in [2.05, 4.69) is 10.3 Å². The summed E-state index contributed by atoms with van der Waals surface area (Å²) in [4.78, 5) is 27.7. The molecule has 0 aliphatic rings. The molecule has 1 rings (SSSR count). The van der Waals surface area contributed by atoms with E-state index in [0.717, 1.165) is 0 Å². The van der Waals surface area contributed by atoms with Crippen molar-refractivity contribution >= 4 is 17.6 Å². The summed E-state index contributed by atoms with van der Waals surface area (Å²) in [5, 5.41) is 2.58. The van der Waals surface area contributed by atoms with Crippen LogP contribution in [0.25, 0.3) is 0 Å². The molecule has 0 aliphatic heterocycles. The van der Waals surface area contributed by atoms with Crippen molar-refractivity contribution in [3.05, 3.63) is 23.4 Å². The molecule has 1 aromatic heterocycles. The monoisotopic (exact) mass is 278 g/mol. The quantitative estimate of drug-likeness (QED) is 0.764. The number of nitrogens with one attached hydrogen (secondary N) is 1. The van der Waals surface area contributed by atoms with Crippen molar-refractivity contribution in [3.8, 4) is 0 Å². The Balaban J connectivity index is 3.12. The Morgan fingerprint density at radius 3 is 2.15 bits per heavy atom. The molecule has 110 valence electrons. The minimum Gasteiger partial charge on any atom is -0.384 e. The first-order valence-corrected chi connectivity index (χ1v) is 6.34. The van der Waals surface area contributed by atoms with Crippen molar-refractivity contribution in [3.63, 3.8) is 0 Å². The number of anilines is 1. The molecule has 0 aliphatic carbocycles. The molecule has 0 saturated carbocycles. The van der Waals surface area contributed by atoms with Gasteiger partial charge in [-0.15, -0.1) is 0 Å². The number of pyridine rings is 1. The fraction of sp³-hybridized carbons (Fsp3) is 0.500. The minimum atomic E-state index is -1.13. The Kier molecular flexibility index (Phi) is 4.07. The number of primary amides is 1. The average Bonchev–Trinajstić information content (AvgIpc) is 2.26. The maximum absolute atomic E-state index is 12.2. The molecule has 0 spiro atoms. The maximum atomic E-state index is 12.2. The standard InChI is InChI=1S/C14H22N4O2/c1-13(2,3)9-6-8(7-10(15)17-9)11(19)18-14(4,5)12(16)20/h6-7H,1-5H3,(H2,15,17)(H2,16,20)(H,18,19). The van der Waals surface area contributed by atoms with Gasteiger partial charge in [0.2, 0.25) is 5.91 Å². The van der Waals surface area contributed by atoms with E-state index in [0.29, 0.717) is 11.3 Å². The van der Waals surface area contributed by atoms with Gasteiger partial charge < -0.3 is 16.8 Å². The van der Waals surface area contributed by atoms with Gasteiger partial charge in [0.25, 0.3) is 5.91 Å². The van der Waals surface area contributed by atoms with Crippen LogP contribution in [0.4, 0.5) is 5.82 Å². The lowest BCUT2D eigenvalue weighted by Gasteiger charge is -2.23. The summed E-state index contributed by atoms with van der Waals surface area (Å²) in [7, 11) is 0. The van der Waals surface area contributed by atoms with E-state index < -0.39 is 17.4 Å². The zero-order valence-electron chi connectivity index (χ0n) is 12.6. The molecule has 5 N–H and O–H groups in total. The zero-order chi connectivity index (χ0) is 15.7. The fourth-order valence-electron chi connectivity index (χ4n) is 1.48. The third-order valence-electron chi connectivity index (χ3n) is 2.92. The molecular weight excluding hydrogens is 256 g/mol. The highest BCUT2D eigenvalue weighted by Gasteiger charge is 2.28. The maximum Gasteiger partial charge on any atom is 0.252 e. The lowest BCUT2D eigenvalue weighted by atomic mass is 9.90. The number of rotatable bonds is 3. The lowest BCUT2D eigenvalue weighted by Crippen LogP contribution is -2.53. The number of carbonyl (C=O) groups is 2. The summed E-state index contributed by atoms with van der Waals surface area (Å²) >= 11 is 0. The molecule has 1 heterocycles. The fourth-order valence-corrected chi connectivity index (χ4v) is 1.48. The Bertz CT molecular complexity index is 545. The molecule has 1 aromatic rings. The highest BCUT2D eigenvalue weighted by atomic mass is 16.2. The van der Waals surface area contributed by atoms with Crippen molar-refractivity contribution in [2.75, 3.05) is 5.73 Å². The summed E-state index contributed by atoms with van der Waals surface area (Å²) < 4.78 is 0. The Morgan fingerprint density at radius 2 is 1.70 bits per heavy atom. The average molecular weight is 278 g/mol. The number of nitrogens with two attached hydrogens (primary N) is 2. The van der Waals surface area contributed by atoms with Crippen LogP contribution in [0.2, 0.25) is 0 Å². The molecule has 6 nitrogen and oxygen atoms in total.